The third-order valence-corrected chi connectivity index (χ3v) is 2.35. The first-order chi connectivity index (χ1) is 8.06. The smallest absolute Gasteiger partial charge is 0.255 e. The van der Waals surface area contributed by atoms with Crippen molar-refractivity contribution in [1.82, 2.24) is 4.98 Å². The van der Waals surface area contributed by atoms with Crippen LogP contribution in [0, 0.1) is 0 Å². The minimum Gasteiger partial charge on any atom is -0.395 e. The molecule has 0 bridgehead atoms. The van der Waals surface area contributed by atoms with E-state index >= 15 is 0 Å². The number of aliphatic hydroxyl groups is 1. The van der Waals surface area contributed by atoms with Gasteiger partial charge in [-0.15, -0.1) is 0 Å². The van der Waals surface area contributed by atoms with E-state index in [0.29, 0.717) is 11.3 Å². The number of anilines is 1. The van der Waals surface area contributed by atoms with Crippen molar-refractivity contribution in [2.45, 2.75) is 6.43 Å². The number of aliphatic hydroxyl groups excluding tert-OH is 1. The molecule has 17 heavy (non-hydrogen) atoms. The van der Waals surface area contributed by atoms with Gasteiger partial charge in [0.1, 0.15) is 4.99 Å². The molecule has 1 heterocycles. The predicted octanol–water partition coefficient (Wildman–Crippen LogP) is 0.780. The second-order valence-corrected chi connectivity index (χ2v) is 3.76. The summed E-state index contributed by atoms with van der Waals surface area (Å²) >= 11 is 4.84. The molecule has 0 atom stereocenters. The zero-order valence-electron chi connectivity index (χ0n) is 9.01. The largest absolute Gasteiger partial charge is 0.395 e. The number of halogens is 2. The van der Waals surface area contributed by atoms with Crippen molar-refractivity contribution < 1.29 is 13.9 Å². The standard InChI is InChI=1S/C10H13F2N3OS/c11-9(12)6-15(3-4-16)8-5-14-2-1-7(8)10(13)17/h1-2,5,9,16H,3-4,6H2,(H2,13,17). The number of thiocarbonyl (C=S) groups is 1. The first kappa shape index (κ1) is 13.7. The quantitative estimate of drug-likeness (QED) is 0.741. The summed E-state index contributed by atoms with van der Waals surface area (Å²) in [4.78, 5) is 5.28. The summed E-state index contributed by atoms with van der Waals surface area (Å²) in [5.74, 6) is 0. The minimum atomic E-state index is -2.51. The van der Waals surface area contributed by atoms with Gasteiger partial charge in [-0.3, -0.25) is 4.98 Å². The van der Waals surface area contributed by atoms with Crippen LogP contribution in [0.4, 0.5) is 14.5 Å². The molecule has 0 aliphatic carbocycles. The van der Waals surface area contributed by atoms with Crippen molar-refractivity contribution in [3.63, 3.8) is 0 Å². The number of rotatable bonds is 6. The van der Waals surface area contributed by atoms with Crippen LogP contribution in [0.2, 0.25) is 0 Å². The molecule has 1 aromatic rings. The number of hydrogen-bond donors (Lipinski definition) is 2. The van der Waals surface area contributed by atoms with Gasteiger partial charge in [-0.05, 0) is 6.07 Å². The van der Waals surface area contributed by atoms with Crippen LogP contribution in [-0.4, -0.2) is 41.2 Å². The summed E-state index contributed by atoms with van der Waals surface area (Å²) in [7, 11) is 0. The second kappa shape index (κ2) is 6.41. The van der Waals surface area contributed by atoms with Crippen LogP contribution in [0.3, 0.4) is 0 Å². The number of nitrogens with two attached hydrogens (primary N) is 1. The first-order valence-electron chi connectivity index (χ1n) is 4.94. The molecule has 0 fully saturated rings. The van der Waals surface area contributed by atoms with Crippen molar-refractivity contribution in [3.05, 3.63) is 24.0 Å². The molecule has 0 aliphatic rings. The highest BCUT2D eigenvalue weighted by molar-refractivity contribution is 7.80. The molecule has 0 amide bonds. The lowest BCUT2D eigenvalue weighted by molar-refractivity contribution is 0.153. The van der Waals surface area contributed by atoms with Gasteiger partial charge in [0.2, 0.25) is 0 Å². The average Bonchev–Trinajstić information content (AvgIpc) is 2.28. The highest BCUT2D eigenvalue weighted by atomic mass is 32.1. The fraction of sp³-hybridized carbons (Fsp3) is 0.400. The highest BCUT2D eigenvalue weighted by Gasteiger charge is 2.16. The van der Waals surface area contributed by atoms with Gasteiger partial charge in [-0.2, -0.15) is 0 Å². The Morgan fingerprint density at radius 2 is 2.29 bits per heavy atom. The van der Waals surface area contributed by atoms with Gasteiger partial charge in [0.15, 0.2) is 0 Å². The summed E-state index contributed by atoms with van der Waals surface area (Å²) in [6.45, 7) is -0.661. The van der Waals surface area contributed by atoms with Gasteiger partial charge in [0.25, 0.3) is 6.43 Å². The number of nitrogens with zero attached hydrogens (tertiary/aromatic N) is 2. The first-order valence-corrected chi connectivity index (χ1v) is 5.35. The van der Waals surface area contributed by atoms with E-state index in [0.717, 1.165) is 0 Å². The Morgan fingerprint density at radius 1 is 1.59 bits per heavy atom. The molecule has 0 aliphatic heterocycles. The molecular weight excluding hydrogens is 248 g/mol. The fourth-order valence-electron chi connectivity index (χ4n) is 1.44. The Bertz CT molecular complexity index is 390. The van der Waals surface area contributed by atoms with Crippen molar-refractivity contribution in [1.29, 1.82) is 0 Å². The van der Waals surface area contributed by atoms with Crippen LogP contribution < -0.4 is 10.6 Å². The highest BCUT2D eigenvalue weighted by Crippen LogP contribution is 2.19. The number of aromatic nitrogens is 1. The molecule has 4 nitrogen and oxygen atoms in total. The number of hydrogen-bond acceptors (Lipinski definition) is 4. The maximum absolute atomic E-state index is 12.4. The Labute approximate surface area is 103 Å². The zero-order valence-corrected chi connectivity index (χ0v) is 9.83. The van der Waals surface area contributed by atoms with Crippen LogP contribution >= 0.6 is 12.2 Å². The lowest BCUT2D eigenvalue weighted by atomic mass is 10.2. The maximum Gasteiger partial charge on any atom is 0.255 e. The number of pyridine rings is 1. The van der Waals surface area contributed by atoms with Crippen LogP contribution in [-0.2, 0) is 0 Å². The summed E-state index contributed by atoms with van der Waals surface area (Å²) in [6, 6.07) is 1.56. The molecule has 0 radical (unpaired) electrons. The third kappa shape index (κ3) is 3.86. The van der Waals surface area contributed by atoms with Crippen molar-refractivity contribution in [2.75, 3.05) is 24.6 Å². The monoisotopic (exact) mass is 261 g/mol. The Hall–Kier alpha value is -1.34. The molecule has 0 saturated carbocycles. The van der Waals surface area contributed by atoms with Gasteiger partial charge >= 0.3 is 0 Å². The molecule has 0 saturated heterocycles. The van der Waals surface area contributed by atoms with Crippen LogP contribution in [0.1, 0.15) is 5.56 Å². The van der Waals surface area contributed by atoms with E-state index in [1.54, 1.807) is 6.07 Å². The summed E-state index contributed by atoms with van der Waals surface area (Å²) < 4.78 is 24.8. The predicted molar refractivity (Wildman–Crippen MR) is 65.4 cm³/mol. The lowest BCUT2D eigenvalue weighted by Gasteiger charge is -2.25. The average molecular weight is 261 g/mol. The van der Waals surface area contributed by atoms with E-state index in [1.165, 1.54) is 17.3 Å². The van der Waals surface area contributed by atoms with E-state index in [2.05, 4.69) is 4.98 Å². The Balaban J connectivity index is 3.04. The van der Waals surface area contributed by atoms with Crippen LogP contribution in [0.15, 0.2) is 18.5 Å². The van der Waals surface area contributed by atoms with E-state index < -0.39 is 13.0 Å². The van der Waals surface area contributed by atoms with Gasteiger partial charge in [0, 0.05) is 18.3 Å². The summed E-state index contributed by atoms with van der Waals surface area (Å²) in [5.41, 5.74) is 6.39. The van der Waals surface area contributed by atoms with E-state index in [1.807, 2.05) is 0 Å². The minimum absolute atomic E-state index is 0.0750. The summed E-state index contributed by atoms with van der Waals surface area (Å²) in [6.07, 6.45) is 0.380. The molecule has 3 N–H and O–H groups in total. The molecule has 1 aromatic heterocycles. The van der Waals surface area contributed by atoms with Gasteiger partial charge in [-0.25, -0.2) is 8.78 Å². The third-order valence-electron chi connectivity index (χ3n) is 2.13. The van der Waals surface area contributed by atoms with Crippen LogP contribution in [0.5, 0.6) is 0 Å². The normalized spacial score (nSPS) is 10.6. The topological polar surface area (TPSA) is 62.4 Å². The van der Waals surface area contributed by atoms with E-state index in [9.17, 15) is 8.78 Å². The Morgan fingerprint density at radius 3 is 2.82 bits per heavy atom. The second-order valence-electron chi connectivity index (χ2n) is 3.32. The molecule has 7 heteroatoms. The van der Waals surface area contributed by atoms with Crippen molar-refractivity contribution >= 4 is 22.9 Å². The Kier molecular flexibility index (Phi) is 5.17. The van der Waals surface area contributed by atoms with Crippen molar-refractivity contribution in [3.8, 4) is 0 Å². The van der Waals surface area contributed by atoms with Gasteiger partial charge in [-0.1, -0.05) is 12.2 Å². The van der Waals surface area contributed by atoms with E-state index in [4.69, 9.17) is 23.1 Å². The van der Waals surface area contributed by atoms with Crippen molar-refractivity contribution in [2.24, 2.45) is 5.73 Å². The molecular formula is C10H13F2N3OS. The lowest BCUT2D eigenvalue weighted by Crippen LogP contribution is -2.33. The van der Waals surface area contributed by atoms with Gasteiger partial charge < -0.3 is 15.7 Å². The van der Waals surface area contributed by atoms with Crippen LogP contribution in [0.25, 0.3) is 0 Å². The van der Waals surface area contributed by atoms with E-state index in [-0.39, 0.29) is 18.1 Å². The van der Waals surface area contributed by atoms with Gasteiger partial charge in [0.05, 0.1) is 25.0 Å². The fourth-order valence-corrected chi connectivity index (χ4v) is 1.62. The molecule has 0 aromatic carbocycles. The molecule has 0 spiro atoms. The molecule has 94 valence electrons. The summed E-state index contributed by atoms with van der Waals surface area (Å²) in [5, 5.41) is 8.87. The number of alkyl halides is 2. The maximum atomic E-state index is 12.4. The molecule has 1 rings (SSSR count). The zero-order chi connectivity index (χ0) is 12.8. The SMILES string of the molecule is NC(=S)c1ccncc1N(CCO)CC(F)F. The molecule has 0 unspecified atom stereocenters.